The number of thiazole rings is 1. The fourth-order valence-electron chi connectivity index (χ4n) is 2.46. The molecule has 0 aliphatic carbocycles. The number of nitro groups is 1. The highest BCUT2D eigenvalue weighted by Crippen LogP contribution is 2.26. The van der Waals surface area contributed by atoms with Crippen molar-refractivity contribution in [3.63, 3.8) is 0 Å². The molecule has 0 aliphatic heterocycles. The maximum Gasteiger partial charge on any atom is 0.293 e. The van der Waals surface area contributed by atoms with Gasteiger partial charge in [0.05, 0.1) is 11.3 Å². The van der Waals surface area contributed by atoms with Gasteiger partial charge in [0.25, 0.3) is 11.6 Å². The standard InChI is InChI=1S/C19H16N4O4S/c1-12-7-8-14(16(9-12)23(26)27)20-18(25)15-11-28-19(21-15)22-17(24)10-13-5-3-2-4-6-13/h2-9,11H,10H2,1H3,(H,20,25)(H,21,22,24). The second-order valence-electron chi connectivity index (χ2n) is 5.98. The largest absolute Gasteiger partial charge is 0.315 e. The van der Waals surface area contributed by atoms with E-state index in [2.05, 4.69) is 15.6 Å². The van der Waals surface area contributed by atoms with Gasteiger partial charge in [0, 0.05) is 11.4 Å². The first-order chi connectivity index (χ1) is 13.4. The molecule has 1 aromatic heterocycles. The molecule has 8 nitrogen and oxygen atoms in total. The van der Waals surface area contributed by atoms with Crippen LogP contribution in [0.3, 0.4) is 0 Å². The number of aromatic nitrogens is 1. The number of amides is 2. The number of rotatable bonds is 6. The number of anilines is 2. The van der Waals surface area contributed by atoms with E-state index in [1.807, 2.05) is 30.3 Å². The van der Waals surface area contributed by atoms with Crippen LogP contribution >= 0.6 is 11.3 Å². The van der Waals surface area contributed by atoms with Crippen molar-refractivity contribution in [2.75, 3.05) is 10.6 Å². The summed E-state index contributed by atoms with van der Waals surface area (Å²) >= 11 is 1.10. The molecule has 0 unspecified atom stereocenters. The zero-order chi connectivity index (χ0) is 20.1. The van der Waals surface area contributed by atoms with Crippen molar-refractivity contribution in [2.45, 2.75) is 13.3 Å². The highest BCUT2D eigenvalue weighted by Gasteiger charge is 2.19. The molecule has 2 N–H and O–H groups in total. The fraction of sp³-hybridized carbons (Fsp3) is 0.105. The van der Waals surface area contributed by atoms with Gasteiger partial charge in [-0.15, -0.1) is 11.3 Å². The van der Waals surface area contributed by atoms with Crippen molar-refractivity contribution in [2.24, 2.45) is 0 Å². The summed E-state index contributed by atoms with van der Waals surface area (Å²) < 4.78 is 0. The van der Waals surface area contributed by atoms with Gasteiger partial charge in [0.15, 0.2) is 5.13 Å². The van der Waals surface area contributed by atoms with E-state index in [1.54, 1.807) is 13.0 Å². The Morgan fingerprint density at radius 3 is 2.61 bits per heavy atom. The maximum absolute atomic E-state index is 12.4. The quantitative estimate of drug-likeness (QED) is 0.486. The average molecular weight is 396 g/mol. The molecule has 0 saturated carbocycles. The molecule has 3 aromatic rings. The van der Waals surface area contributed by atoms with Crippen LogP contribution in [0, 0.1) is 17.0 Å². The number of carbonyl (C=O) groups excluding carboxylic acids is 2. The number of aryl methyl sites for hydroxylation is 1. The summed E-state index contributed by atoms with van der Waals surface area (Å²) in [7, 11) is 0. The Balaban J connectivity index is 1.66. The van der Waals surface area contributed by atoms with Crippen LogP contribution in [-0.2, 0) is 11.2 Å². The van der Waals surface area contributed by atoms with Crippen molar-refractivity contribution in [1.29, 1.82) is 0 Å². The first kappa shape index (κ1) is 19.2. The van der Waals surface area contributed by atoms with Crippen LogP contribution in [0.4, 0.5) is 16.5 Å². The molecular formula is C19H16N4O4S. The molecule has 28 heavy (non-hydrogen) atoms. The minimum atomic E-state index is -0.591. The minimum Gasteiger partial charge on any atom is -0.315 e. The van der Waals surface area contributed by atoms with Crippen LogP contribution in [0.1, 0.15) is 21.6 Å². The first-order valence-corrected chi connectivity index (χ1v) is 9.16. The van der Waals surface area contributed by atoms with Crippen molar-refractivity contribution in [3.8, 4) is 0 Å². The lowest BCUT2D eigenvalue weighted by atomic mass is 10.1. The second-order valence-corrected chi connectivity index (χ2v) is 6.84. The number of nitrogens with zero attached hydrogens (tertiary/aromatic N) is 2. The molecule has 2 aromatic carbocycles. The van der Waals surface area contributed by atoms with Gasteiger partial charge < -0.3 is 10.6 Å². The van der Waals surface area contributed by atoms with Gasteiger partial charge >= 0.3 is 0 Å². The Labute approximate surface area is 164 Å². The molecule has 0 radical (unpaired) electrons. The monoisotopic (exact) mass is 396 g/mol. The molecule has 0 spiro atoms. The van der Waals surface area contributed by atoms with Gasteiger partial charge in [-0.25, -0.2) is 4.98 Å². The lowest BCUT2D eigenvalue weighted by Gasteiger charge is -2.05. The van der Waals surface area contributed by atoms with Crippen LogP contribution in [-0.4, -0.2) is 21.7 Å². The van der Waals surface area contributed by atoms with Crippen molar-refractivity contribution >= 4 is 39.7 Å². The summed E-state index contributed by atoms with van der Waals surface area (Å²) in [5.74, 6) is -0.839. The molecule has 9 heteroatoms. The van der Waals surface area contributed by atoms with Gasteiger partial charge in [-0.1, -0.05) is 36.4 Å². The smallest absolute Gasteiger partial charge is 0.293 e. The molecule has 0 fully saturated rings. The molecule has 1 heterocycles. The predicted molar refractivity (Wildman–Crippen MR) is 107 cm³/mol. The van der Waals surface area contributed by atoms with Gasteiger partial charge in [-0.05, 0) is 24.1 Å². The molecule has 2 amide bonds. The Morgan fingerprint density at radius 2 is 1.89 bits per heavy atom. The van der Waals surface area contributed by atoms with Crippen molar-refractivity contribution in [1.82, 2.24) is 4.98 Å². The summed E-state index contributed by atoms with van der Waals surface area (Å²) in [5, 5.41) is 18.1. The maximum atomic E-state index is 12.4. The van der Waals surface area contributed by atoms with Crippen LogP contribution < -0.4 is 10.6 Å². The van der Waals surface area contributed by atoms with Gasteiger partial charge in [-0.3, -0.25) is 19.7 Å². The molecular weight excluding hydrogens is 380 g/mol. The third-order valence-corrected chi connectivity index (χ3v) is 4.55. The Morgan fingerprint density at radius 1 is 1.14 bits per heavy atom. The molecule has 142 valence electrons. The van der Waals surface area contributed by atoms with Crippen LogP contribution in [0.15, 0.2) is 53.9 Å². The third kappa shape index (κ3) is 4.77. The molecule has 0 bridgehead atoms. The highest BCUT2D eigenvalue weighted by molar-refractivity contribution is 7.14. The first-order valence-electron chi connectivity index (χ1n) is 8.28. The zero-order valence-electron chi connectivity index (χ0n) is 14.8. The lowest BCUT2D eigenvalue weighted by Crippen LogP contribution is -2.16. The molecule has 0 saturated heterocycles. The number of nitrogens with one attached hydrogen (secondary N) is 2. The van der Waals surface area contributed by atoms with Gasteiger partial charge in [0.2, 0.25) is 5.91 Å². The SMILES string of the molecule is Cc1ccc(NC(=O)c2csc(NC(=O)Cc3ccccc3)n2)c([N+](=O)[O-])c1. The van der Waals surface area contributed by atoms with E-state index < -0.39 is 10.8 Å². The second kappa shape index (κ2) is 8.40. The topological polar surface area (TPSA) is 114 Å². The van der Waals surface area contributed by atoms with Crippen molar-refractivity contribution < 1.29 is 14.5 Å². The summed E-state index contributed by atoms with van der Waals surface area (Å²) in [6, 6.07) is 13.8. The normalized spacial score (nSPS) is 10.3. The van der Waals surface area contributed by atoms with Crippen LogP contribution in [0.2, 0.25) is 0 Å². The molecule has 3 rings (SSSR count). The summed E-state index contributed by atoms with van der Waals surface area (Å²) in [5.41, 5.74) is 1.53. The van der Waals surface area contributed by atoms with E-state index in [1.165, 1.54) is 17.5 Å². The summed E-state index contributed by atoms with van der Waals surface area (Å²) in [6.07, 6.45) is 0.192. The fourth-order valence-corrected chi connectivity index (χ4v) is 3.17. The Bertz CT molecular complexity index is 1030. The van der Waals surface area contributed by atoms with E-state index in [-0.39, 0.29) is 34.5 Å². The average Bonchev–Trinajstić information content (AvgIpc) is 3.12. The number of carbonyl (C=O) groups is 2. The minimum absolute atomic E-state index is 0.0647. The van der Waals surface area contributed by atoms with E-state index in [0.29, 0.717) is 5.56 Å². The number of benzene rings is 2. The summed E-state index contributed by atoms with van der Waals surface area (Å²) in [6.45, 7) is 1.73. The van der Waals surface area contributed by atoms with E-state index >= 15 is 0 Å². The third-order valence-electron chi connectivity index (χ3n) is 3.79. The molecule has 0 atom stereocenters. The van der Waals surface area contributed by atoms with Gasteiger partial charge in [0.1, 0.15) is 11.4 Å². The highest BCUT2D eigenvalue weighted by atomic mass is 32.1. The summed E-state index contributed by atoms with van der Waals surface area (Å²) in [4.78, 5) is 39.1. The van der Waals surface area contributed by atoms with Crippen LogP contribution in [0.25, 0.3) is 0 Å². The number of hydrogen-bond donors (Lipinski definition) is 2. The predicted octanol–water partition coefficient (Wildman–Crippen LogP) is 3.79. The van der Waals surface area contributed by atoms with E-state index in [9.17, 15) is 19.7 Å². The Kier molecular flexibility index (Phi) is 5.75. The lowest BCUT2D eigenvalue weighted by molar-refractivity contribution is -0.384. The van der Waals surface area contributed by atoms with E-state index in [4.69, 9.17) is 0 Å². The van der Waals surface area contributed by atoms with Crippen molar-refractivity contribution in [3.05, 3.63) is 80.8 Å². The number of hydrogen-bond acceptors (Lipinski definition) is 6. The number of nitro benzene ring substituents is 1. The zero-order valence-corrected chi connectivity index (χ0v) is 15.7. The van der Waals surface area contributed by atoms with Gasteiger partial charge in [-0.2, -0.15) is 0 Å². The Hall–Kier alpha value is -3.59. The van der Waals surface area contributed by atoms with Crippen LogP contribution in [0.5, 0.6) is 0 Å². The molecule has 0 aliphatic rings. The van der Waals surface area contributed by atoms with E-state index in [0.717, 1.165) is 16.9 Å².